The molecule has 20 heavy (non-hydrogen) atoms. The lowest BCUT2D eigenvalue weighted by molar-refractivity contribution is 0.318. The molecule has 3 N–H and O–H groups in total. The van der Waals surface area contributed by atoms with E-state index in [4.69, 9.17) is 10.9 Å². The van der Waals surface area contributed by atoms with Crippen molar-refractivity contribution in [2.45, 2.75) is 6.54 Å². The largest absolute Gasteiger partial charge is 0.409 e. The third kappa shape index (κ3) is 2.66. The second-order valence-corrected chi connectivity index (χ2v) is 4.08. The van der Waals surface area contributed by atoms with Crippen molar-refractivity contribution in [1.82, 2.24) is 4.57 Å². The van der Waals surface area contributed by atoms with Crippen LogP contribution in [0.4, 0.5) is 8.78 Å². The molecule has 7 heteroatoms. The van der Waals surface area contributed by atoms with Crippen LogP contribution in [0.25, 0.3) is 0 Å². The van der Waals surface area contributed by atoms with Crippen molar-refractivity contribution in [2.24, 2.45) is 10.9 Å². The number of halogens is 2. The third-order valence-corrected chi connectivity index (χ3v) is 2.75. The van der Waals surface area contributed by atoms with Crippen LogP contribution in [0.15, 0.2) is 46.5 Å². The van der Waals surface area contributed by atoms with Crippen LogP contribution in [0.1, 0.15) is 11.1 Å². The van der Waals surface area contributed by atoms with Crippen molar-refractivity contribution in [1.29, 1.82) is 0 Å². The van der Waals surface area contributed by atoms with Gasteiger partial charge in [0.25, 0.3) is 5.56 Å². The Balaban J connectivity index is 2.45. The summed E-state index contributed by atoms with van der Waals surface area (Å²) in [4.78, 5) is 12.0. The van der Waals surface area contributed by atoms with Crippen LogP contribution in [0.2, 0.25) is 0 Å². The molecule has 0 saturated heterocycles. The van der Waals surface area contributed by atoms with Crippen LogP contribution < -0.4 is 11.3 Å². The molecule has 104 valence electrons. The minimum atomic E-state index is -0.618. The van der Waals surface area contributed by atoms with Crippen molar-refractivity contribution in [3.8, 4) is 0 Å². The molecule has 0 atom stereocenters. The highest BCUT2D eigenvalue weighted by atomic mass is 19.1. The maximum absolute atomic E-state index is 13.5. The van der Waals surface area contributed by atoms with Gasteiger partial charge in [-0.3, -0.25) is 4.79 Å². The minimum Gasteiger partial charge on any atom is -0.409 e. The first kappa shape index (κ1) is 13.7. The monoisotopic (exact) mass is 279 g/mol. The van der Waals surface area contributed by atoms with Gasteiger partial charge in [0.15, 0.2) is 5.84 Å². The second kappa shape index (κ2) is 5.52. The maximum Gasteiger partial charge on any atom is 0.261 e. The predicted octanol–water partition coefficient (Wildman–Crippen LogP) is 1.27. The van der Waals surface area contributed by atoms with Crippen molar-refractivity contribution in [3.63, 3.8) is 0 Å². The van der Waals surface area contributed by atoms with Crippen LogP contribution in [0, 0.1) is 11.6 Å². The molecular weight excluding hydrogens is 268 g/mol. The Labute approximate surface area is 112 Å². The van der Waals surface area contributed by atoms with E-state index < -0.39 is 17.2 Å². The number of nitrogens with zero attached hydrogens (tertiary/aromatic N) is 2. The quantitative estimate of drug-likeness (QED) is 0.384. The van der Waals surface area contributed by atoms with Gasteiger partial charge in [0.1, 0.15) is 11.6 Å². The number of oxime groups is 1. The highest BCUT2D eigenvalue weighted by Crippen LogP contribution is 2.10. The molecule has 0 saturated carbocycles. The van der Waals surface area contributed by atoms with E-state index in [2.05, 4.69) is 5.16 Å². The van der Waals surface area contributed by atoms with Crippen molar-refractivity contribution < 1.29 is 14.0 Å². The summed E-state index contributed by atoms with van der Waals surface area (Å²) in [7, 11) is 0. The molecule has 1 aromatic carbocycles. The van der Waals surface area contributed by atoms with Gasteiger partial charge in [-0.2, -0.15) is 0 Å². The molecule has 2 rings (SSSR count). The van der Waals surface area contributed by atoms with Crippen molar-refractivity contribution >= 4 is 5.84 Å². The van der Waals surface area contributed by atoms with Gasteiger partial charge in [-0.15, -0.1) is 0 Å². The van der Waals surface area contributed by atoms with E-state index in [1.54, 1.807) is 0 Å². The minimum absolute atomic E-state index is 0.0215. The topological polar surface area (TPSA) is 80.6 Å². The Morgan fingerprint density at radius 2 is 2.10 bits per heavy atom. The summed E-state index contributed by atoms with van der Waals surface area (Å²) < 4.78 is 27.8. The first-order valence-electron chi connectivity index (χ1n) is 5.64. The molecule has 2 aromatic rings. The van der Waals surface area contributed by atoms with Gasteiger partial charge in [-0.05, 0) is 30.3 Å². The van der Waals surface area contributed by atoms with Crippen molar-refractivity contribution in [2.75, 3.05) is 0 Å². The number of nitrogens with two attached hydrogens (primary N) is 1. The number of hydrogen-bond acceptors (Lipinski definition) is 3. The van der Waals surface area contributed by atoms with Gasteiger partial charge in [-0.1, -0.05) is 5.16 Å². The van der Waals surface area contributed by atoms with Gasteiger partial charge >= 0.3 is 0 Å². The number of pyridine rings is 1. The summed E-state index contributed by atoms with van der Waals surface area (Å²) >= 11 is 0. The number of hydrogen-bond donors (Lipinski definition) is 2. The maximum atomic E-state index is 13.5. The fourth-order valence-corrected chi connectivity index (χ4v) is 1.76. The van der Waals surface area contributed by atoms with Crippen LogP contribution in [0.5, 0.6) is 0 Å². The Hall–Kier alpha value is -2.70. The molecule has 0 unspecified atom stereocenters. The molecule has 0 bridgehead atoms. The summed E-state index contributed by atoms with van der Waals surface area (Å²) in [5, 5.41) is 11.3. The molecular formula is C13H11F2N3O2. The SMILES string of the molecule is N/C(=N/O)c1cccn(Cc2cc(F)ccc2F)c1=O. The van der Waals surface area contributed by atoms with Gasteiger partial charge in [0, 0.05) is 11.8 Å². The Kier molecular flexibility index (Phi) is 3.79. The van der Waals surface area contributed by atoms with E-state index in [9.17, 15) is 13.6 Å². The lowest BCUT2D eigenvalue weighted by Crippen LogP contribution is -2.30. The van der Waals surface area contributed by atoms with Crippen molar-refractivity contribution in [3.05, 3.63) is 69.6 Å². The molecule has 1 heterocycles. The molecule has 1 aromatic heterocycles. The number of benzene rings is 1. The molecule has 0 spiro atoms. The standard InChI is InChI=1S/C13H11F2N3O2/c14-9-3-4-11(15)8(6-9)7-18-5-1-2-10(13(18)19)12(16)17-20/h1-6,20H,7H2,(H2,16,17). The molecule has 5 nitrogen and oxygen atoms in total. The van der Waals surface area contributed by atoms with Gasteiger partial charge < -0.3 is 15.5 Å². The molecule has 0 amide bonds. The van der Waals surface area contributed by atoms with E-state index in [1.165, 1.54) is 18.3 Å². The van der Waals surface area contributed by atoms with Gasteiger partial charge in [0.2, 0.25) is 0 Å². The average Bonchev–Trinajstić information content (AvgIpc) is 2.44. The molecule has 0 fully saturated rings. The fourth-order valence-electron chi connectivity index (χ4n) is 1.76. The summed E-state index contributed by atoms with van der Waals surface area (Å²) in [6.07, 6.45) is 1.40. The van der Waals surface area contributed by atoms with Crippen LogP contribution >= 0.6 is 0 Å². The van der Waals surface area contributed by atoms with E-state index in [0.29, 0.717) is 0 Å². The number of rotatable bonds is 3. The number of aromatic nitrogens is 1. The van der Waals surface area contributed by atoms with E-state index in [1.807, 2.05) is 0 Å². The first-order valence-corrected chi connectivity index (χ1v) is 5.64. The predicted molar refractivity (Wildman–Crippen MR) is 68.7 cm³/mol. The zero-order valence-electron chi connectivity index (χ0n) is 10.3. The van der Waals surface area contributed by atoms with Gasteiger partial charge in [-0.25, -0.2) is 8.78 Å². The lowest BCUT2D eigenvalue weighted by atomic mass is 10.2. The zero-order valence-corrected chi connectivity index (χ0v) is 10.3. The molecule has 0 aliphatic carbocycles. The zero-order chi connectivity index (χ0) is 14.7. The normalized spacial score (nSPS) is 11.6. The van der Waals surface area contributed by atoms with Gasteiger partial charge in [0.05, 0.1) is 12.1 Å². The van der Waals surface area contributed by atoms with Crippen LogP contribution in [-0.2, 0) is 6.54 Å². The van der Waals surface area contributed by atoms with Crippen LogP contribution in [0.3, 0.4) is 0 Å². The lowest BCUT2D eigenvalue weighted by Gasteiger charge is -2.08. The fraction of sp³-hybridized carbons (Fsp3) is 0.0769. The average molecular weight is 279 g/mol. The highest BCUT2D eigenvalue weighted by molar-refractivity contribution is 5.96. The summed E-state index contributed by atoms with van der Waals surface area (Å²) in [5.74, 6) is -1.56. The third-order valence-electron chi connectivity index (χ3n) is 2.75. The van der Waals surface area contributed by atoms with Crippen LogP contribution in [-0.4, -0.2) is 15.6 Å². The second-order valence-electron chi connectivity index (χ2n) is 4.08. The Morgan fingerprint density at radius 1 is 1.35 bits per heavy atom. The number of amidine groups is 1. The van der Waals surface area contributed by atoms with E-state index >= 15 is 0 Å². The van der Waals surface area contributed by atoms with E-state index in [-0.39, 0.29) is 23.5 Å². The van der Waals surface area contributed by atoms with E-state index in [0.717, 1.165) is 22.8 Å². The molecule has 0 aliphatic rings. The Morgan fingerprint density at radius 3 is 2.80 bits per heavy atom. The summed E-state index contributed by atoms with van der Waals surface area (Å²) in [5.41, 5.74) is 4.81. The molecule has 0 aliphatic heterocycles. The first-order chi connectivity index (χ1) is 9.52. The summed E-state index contributed by atoms with van der Waals surface area (Å²) in [6.45, 7) is -0.158. The Bertz CT molecular complexity index is 726. The molecule has 0 radical (unpaired) electrons. The smallest absolute Gasteiger partial charge is 0.261 e. The summed E-state index contributed by atoms with van der Waals surface area (Å²) in [6, 6.07) is 5.86. The highest BCUT2D eigenvalue weighted by Gasteiger charge is 2.10.